The molecule has 0 saturated heterocycles. The molecule has 0 aliphatic rings. The van der Waals surface area contributed by atoms with E-state index in [-0.39, 0.29) is 23.3 Å². The van der Waals surface area contributed by atoms with Crippen LogP contribution in [-0.2, 0) is 0 Å². The van der Waals surface area contributed by atoms with Gasteiger partial charge in [0, 0.05) is 16.3 Å². The van der Waals surface area contributed by atoms with Crippen LogP contribution >= 0.6 is 22.9 Å². The predicted molar refractivity (Wildman–Crippen MR) is 123 cm³/mol. The van der Waals surface area contributed by atoms with Crippen molar-refractivity contribution >= 4 is 55.8 Å². The largest absolute Gasteiger partial charge is 0.459 e. The predicted octanol–water partition coefficient (Wildman–Crippen LogP) is 6.31. The molecule has 0 aliphatic carbocycles. The number of furan rings is 2. The van der Waals surface area contributed by atoms with Crippen LogP contribution in [0, 0.1) is 0 Å². The standard InChI is InChI=1S/C23H14ClN3O4S/c24-14-5-3-13(4-6-14)17-9-10-19(31-17)22(29)25-15-7-8-16-20(12-15)32-23(26-16)27-21(28)18-2-1-11-30-18/h1-12H,(H,25,29)(H,26,27,28). The van der Waals surface area contributed by atoms with E-state index in [0.29, 0.717) is 27.1 Å². The first-order valence-electron chi connectivity index (χ1n) is 9.48. The molecule has 2 amide bonds. The van der Waals surface area contributed by atoms with Gasteiger partial charge in [0.1, 0.15) is 5.76 Å². The Balaban J connectivity index is 1.30. The van der Waals surface area contributed by atoms with E-state index in [2.05, 4.69) is 15.6 Å². The lowest BCUT2D eigenvalue weighted by Gasteiger charge is -2.03. The summed E-state index contributed by atoms with van der Waals surface area (Å²) in [5.41, 5.74) is 2.11. The van der Waals surface area contributed by atoms with Crippen LogP contribution in [0.1, 0.15) is 21.1 Å². The second-order valence-electron chi connectivity index (χ2n) is 6.76. The fraction of sp³-hybridized carbons (Fsp3) is 0. The number of hydrogen-bond donors (Lipinski definition) is 2. The molecule has 5 rings (SSSR count). The number of amides is 2. The number of thiazole rings is 1. The Hall–Kier alpha value is -3.88. The summed E-state index contributed by atoms with van der Waals surface area (Å²) in [5, 5.41) is 6.58. The summed E-state index contributed by atoms with van der Waals surface area (Å²) in [5.74, 6) is 0.207. The summed E-state index contributed by atoms with van der Waals surface area (Å²) in [6, 6.07) is 19.0. The number of aromatic nitrogens is 1. The maximum Gasteiger partial charge on any atom is 0.293 e. The van der Waals surface area contributed by atoms with Crippen LogP contribution in [0.25, 0.3) is 21.5 Å². The number of carbonyl (C=O) groups is 2. The number of nitrogens with one attached hydrogen (secondary N) is 2. The molecule has 0 fully saturated rings. The van der Waals surface area contributed by atoms with Gasteiger partial charge >= 0.3 is 0 Å². The van der Waals surface area contributed by atoms with Crippen LogP contribution in [-0.4, -0.2) is 16.8 Å². The minimum Gasteiger partial charge on any atom is -0.459 e. The molecule has 9 heteroatoms. The van der Waals surface area contributed by atoms with Crippen LogP contribution in [0.4, 0.5) is 10.8 Å². The molecule has 2 aromatic carbocycles. The third-order valence-electron chi connectivity index (χ3n) is 4.57. The Kier molecular flexibility index (Phi) is 5.22. The van der Waals surface area contributed by atoms with E-state index in [1.54, 1.807) is 54.6 Å². The Bertz CT molecular complexity index is 1420. The Morgan fingerprint density at radius 1 is 0.906 bits per heavy atom. The van der Waals surface area contributed by atoms with Gasteiger partial charge in [-0.2, -0.15) is 0 Å². The van der Waals surface area contributed by atoms with Crippen molar-refractivity contribution in [1.82, 2.24) is 4.98 Å². The number of hydrogen-bond acceptors (Lipinski definition) is 6. The number of carbonyl (C=O) groups excluding carboxylic acids is 2. The van der Waals surface area contributed by atoms with Gasteiger partial charge in [0.25, 0.3) is 11.8 Å². The second-order valence-corrected chi connectivity index (χ2v) is 8.22. The zero-order valence-corrected chi connectivity index (χ0v) is 17.9. The van der Waals surface area contributed by atoms with E-state index >= 15 is 0 Å². The molecular weight excluding hydrogens is 450 g/mol. The summed E-state index contributed by atoms with van der Waals surface area (Å²) in [4.78, 5) is 29.1. The first-order chi connectivity index (χ1) is 15.5. The van der Waals surface area contributed by atoms with Gasteiger partial charge in [0.05, 0.1) is 16.5 Å². The van der Waals surface area contributed by atoms with Crippen molar-refractivity contribution in [2.75, 3.05) is 10.6 Å². The topological polar surface area (TPSA) is 97.4 Å². The van der Waals surface area contributed by atoms with Gasteiger partial charge in [-0.05, 0) is 66.7 Å². The highest BCUT2D eigenvalue weighted by molar-refractivity contribution is 7.22. The molecule has 2 N–H and O–H groups in total. The van der Waals surface area contributed by atoms with Gasteiger partial charge in [0.15, 0.2) is 16.7 Å². The number of fused-ring (bicyclic) bond motifs is 1. The molecule has 0 bridgehead atoms. The highest BCUT2D eigenvalue weighted by atomic mass is 35.5. The van der Waals surface area contributed by atoms with Crippen LogP contribution < -0.4 is 10.6 Å². The quantitative estimate of drug-likeness (QED) is 0.318. The van der Waals surface area contributed by atoms with Crippen molar-refractivity contribution < 1.29 is 18.4 Å². The highest BCUT2D eigenvalue weighted by Gasteiger charge is 2.15. The molecule has 0 unspecified atom stereocenters. The number of halogens is 1. The van der Waals surface area contributed by atoms with E-state index in [9.17, 15) is 9.59 Å². The fourth-order valence-electron chi connectivity index (χ4n) is 3.04. The van der Waals surface area contributed by atoms with Gasteiger partial charge in [-0.1, -0.05) is 22.9 Å². The van der Waals surface area contributed by atoms with Gasteiger partial charge in [-0.3, -0.25) is 14.9 Å². The van der Waals surface area contributed by atoms with Crippen LogP contribution in [0.15, 0.2) is 81.8 Å². The highest BCUT2D eigenvalue weighted by Crippen LogP contribution is 2.29. The van der Waals surface area contributed by atoms with Crippen LogP contribution in [0.2, 0.25) is 5.02 Å². The number of benzene rings is 2. The summed E-state index contributed by atoms with van der Waals surface area (Å²) in [6.07, 6.45) is 1.43. The Morgan fingerprint density at radius 2 is 1.72 bits per heavy atom. The summed E-state index contributed by atoms with van der Waals surface area (Å²) in [6.45, 7) is 0. The van der Waals surface area contributed by atoms with Crippen molar-refractivity contribution in [3.05, 3.63) is 89.5 Å². The summed E-state index contributed by atoms with van der Waals surface area (Å²) < 4.78 is 11.6. The molecule has 0 spiro atoms. The number of nitrogens with zero attached hydrogens (tertiary/aromatic N) is 1. The first-order valence-corrected chi connectivity index (χ1v) is 10.7. The van der Waals surface area contributed by atoms with E-state index < -0.39 is 0 Å². The molecule has 158 valence electrons. The molecule has 0 radical (unpaired) electrons. The number of rotatable bonds is 5. The van der Waals surface area contributed by atoms with E-state index in [1.165, 1.54) is 17.6 Å². The smallest absolute Gasteiger partial charge is 0.293 e. The zero-order valence-electron chi connectivity index (χ0n) is 16.3. The molecule has 32 heavy (non-hydrogen) atoms. The molecule has 0 atom stereocenters. The normalized spacial score (nSPS) is 10.9. The Morgan fingerprint density at radius 3 is 2.50 bits per heavy atom. The van der Waals surface area contributed by atoms with Crippen molar-refractivity contribution in [2.24, 2.45) is 0 Å². The van der Waals surface area contributed by atoms with Gasteiger partial charge in [-0.15, -0.1) is 0 Å². The van der Waals surface area contributed by atoms with E-state index in [4.69, 9.17) is 20.4 Å². The maximum absolute atomic E-state index is 12.6. The first kappa shape index (κ1) is 20.0. The van der Waals surface area contributed by atoms with Crippen molar-refractivity contribution in [1.29, 1.82) is 0 Å². The van der Waals surface area contributed by atoms with Gasteiger partial charge in [-0.25, -0.2) is 4.98 Å². The maximum atomic E-state index is 12.6. The average Bonchev–Trinajstić information content (AvgIpc) is 3.54. The van der Waals surface area contributed by atoms with Gasteiger partial charge in [0.2, 0.25) is 0 Å². The monoisotopic (exact) mass is 463 g/mol. The lowest BCUT2D eigenvalue weighted by molar-refractivity contribution is 0.0989. The Labute approximate surface area is 190 Å². The SMILES string of the molecule is O=C(Nc1nc2ccc(NC(=O)c3ccc(-c4ccc(Cl)cc4)o3)cc2s1)c1ccco1. The zero-order chi connectivity index (χ0) is 22.1. The molecular formula is C23H14ClN3O4S. The van der Waals surface area contributed by atoms with Crippen molar-refractivity contribution in [3.63, 3.8) is 0 Å². The molecule has 7 nitrogen and oxygen atoms in total. The molecule has 3 heterocycles. The average molecular weight is 464 g/mol. The van der Waals surface area contributed by atoms with Crippen molar-refractivity contribution in [2.45, 2.75) is 0 Å². The third-order valence-corrected chi connectivity index (χ3v) is 5.76. The van der Waals surface area contributed by atoms with E-state index in [0.717, 1.165) is 10.3 Å². The lowest BCUT2D eigenvalue weighted by atomic mass is 10.2. The summed E-state index contributed by atoms with van der Waals surface area (Å²) in [7, 11) is 0. The second kappa shape index (κ2) is 8.33. The van der Waals surface area contributed by atoms with Crippen LogP contribution in [0.3, 0.4) is 0 Å². The summed E-state index contributed by atoms with van der Waals surface area (Å²) >= 11 is 7.21. The number of anilines is 2. The molecule has 0 saturated carbocycles. The minimum atomic E-state index is -0.378. The third kappa shape index (κ3) is 4.14. The molecule has 3 aromatic heterocycles. The lowest BCUT2D eigenvalue weighted by Crippen LogP contribution is -2.10. The van der Waals surface area contributed by atoms with Crippen molar-refractivity contribution in [3.8, 4) is 11.3 Å². The molecule has 5 aromatic rings. The fourth-order valence-corrected chi connectivity index (χ4v) is 4.07. The minimum absolute atomic E-state index is 0.186. The molecule has 0 aliphatic heterocycles. The van der Waals surface area contributed by atoms with Crippen LogP contribution in [0.5, 0.6) is 0 Å². The van der Waals surface area contributed by atoms with E-state index in [1.807, 2.05) is 12.1 Å². The van der Waals surface area contributed by atoms with Gasteiger partial charge < -0.3 is 14.2 Å².